The number of hydrogen-bond donors (Lipinski definition) is 0. The quantitative estimate of drug-likeness (QED) is 0.689. The number of fused-ring (bicyclic) bond motifs is 1. The van der Waals surface area contributed by atoms with Crippen molar-refractivity contribution in [3.63, 3.8) is 0 Å². The Morgan fingerprint density at radius 2 is 1.83 bits per heavy atom. The molecule has 0 saturated heterocycles. The summed E-state index contributed by atoms with van der Waals surface area (Å²) in [7, 11) is 0. The maximum absolute atomic E-state index is 12.6. The molecule has 3 aromatic rings. The second kappa shape index (κ2) is 6.40. The zero-order valence-corrected chi connectivity index (χ0v) is 14.1. The lowest BCUT2D eigenvalue weighted by Gasteiger charge is -2.08. The van der Waals surface area contributed by atoms with Crippen molar-refractivity contribution in [2.75, 3.05) is 0 Å². The predicted molar refractivity (Wildman–Crippen MR) is 95.6 cm³/mol. The molecule has 0 atom stereocenters. The number of nitrogens with zero attached hydrogens (tertiary/aromatic N) is 2. The van der Waals surface area contributed by atoms with Gasteiger partial charge in [0.25, 0.3) is 5.56 Å². The molecule has 2 aromatic carbocycles. The van der Waals surface area contributed by atoms with Gasteiger partial charge in [-0.2, -0.15) is 0 Å². The van der Waals surface area contributed by atoms with Gasteiger partial charge in [-0.1, -0.05) is 49.7 Å². The first-order chi connectivity index (χ1) is 11.5. The highest BCUT2D eigenvalue weighted by Crippen LogP contribution is 2.15. The first-order valence-corrected chi connectivity index (χ1v) is 8.04. The van der Waals surface area contributed by atoms with Crippen LogP contribution in [-0.2, 0) is 6.54 Å². The monoisotopic (exact) mass is 320 g/mol. The lowest BCUT2D eigenvalue weighted by molar-refractivity contribution is 0.0970. The van der Waals surface area contributed by atoms with E-state index >= 15 is 0 Å². The standard InChI is InChI=1S/C20H20N2O2/c1-13(2)15-5-7-16(8-6-15)19(23)11-22-12-21-18-9-4-14(3)10-17(18)20(22)24/h4-10,12-13H,11H2,1-3H3. The van der Waals surface area contributed by atoms with E-state index < -0.39 is 0 Å². The summed E-state index contributed by atoms with van der Waals surface area (Å²) in [5.74, 6) is 0.325. The molecule has 0 N–H and O–H groups in total. The van der Waals surface area contributed by atoms with Crippen molar-refractivity contribution in [2.45, 2.75) is 33.2 Å². The average Bonchev–Trinajstić information content (AvgIpc) is 2.58. The third-order valence-corrected chi connectivity index (χ3v) is 4.19. The van der Waals surface area contributed by atoms with Crippen LogP contribution in [0.5, 0.6) is 0 Å². The topological polar surface area (TPSA) is 52.0 Å². The lowest BCUT2D eigenvalue weighted by Crippen LogP contribution is -2.24. The molecule has 0 radical (unpaired) electrons. The van der Waals surface area contributed by atoms with E-state index in [-0.39, 0.29) is 17.9 Å². The summed E-state index contributed by atoms with van der Waals surface area (Å²) in [5, 5.41) is 0.542. The Hall–Kier alpha value is -2.75. The first kappa shape index (κ1) is 16.1. The molecule has 0 aliphatic rings. The van der Waals surface area contributed by atoms with Gasteiger partial charge in [-0.15, -0.1) is 0 Å². The van der Waals surface area contributed by atoms with Crippen molar-refractivity contribution in [2.24, 2.45) is 0 Å². The molecule has 0 spiro atoms. The maximum atomic E-state index is 12.6. The first-order valence-electron chi connectivity index (χ1n) is 8.04. The molecular formula is C20H20N2O2. The molecule has 122 valence electrons. The fourth-order valence-corrected chi connectivity index (χ4v) is 2.69. The van der Waals surface area contributed by atoms with E-state index in [1.807, 2.05) is 49.4 Å². The largest absolute Gasteiger partial charge is 0.292 e. The van der Waals surface area contributed by atoms with E-state index in [0.29, 0.717) is 22.4 Å². The van der Waals surface area contributed by atoms with Crippen LogP contribution in [0.2, 0.25) is 0 Å². The van der Waals surface area contributed by atoms with Gasteiger partial charge in [-0.3, -0.25) is 14.2 Å². The second-order valence-corrected chi connectivity index (χ2v) is 6.40. The van der Waals surface area contributed by atoms with Crippen LogP contribution >= 0.6 is 0 Å². The molecule has 4 heteroatoms. The molecule has 0 aliphatic carbocycles. The predicted octanol–water partition coefficient (Wildman–Crippen LogP) is 3.71. The van der Waals surface area contributed by atoms with E-state index in [0.717, 1.165) is 5.56 Å². The van der Waals surface area contributed by atoms with Gasteiger partial charge in [-0.25, -0.2) is 4.98 Å². The van der Waals surface area contributed by atoms with Crippen LogP contribution in [0.15, 0.2) is 53.6 Å². The summed E-state index contributed by atoms with van der Waals surface area (Å²) in [6.45, 7) is 6.15. The third kappa shape index (κ3) is 3.13. The van der Waals surface area contributed by atoms with E-state index in [1.165, 1.54) is 16.5 Å². The van der Waals surface area contributed by atoms with E-state index in [2.05, 4.69) is 18.8 Å². The fourth-order valence-electron chi connectivity index (χ4n) is 2.69. The lowest BCUT2D eigenvalue weighted by atomic mass is 10.0. The van der Waals surface area contributed by atoms with Crippen molar-refractivity contribution in [3.8, 4) is 0 Å². The van der Waals surface area contributed by atoms with Crippen LogP contribution < -0.4 is 5.56 Å². The Balaban J connectivity index is 1.90. The SMILES string of the molecule is Cc1ccc2ncn(CC(=O)c3ccc(C(C)C)cc3)c(=O)c2c1. The molecule has 0 unspecified atom stereocenters. The van der Waals surface area contributed by atoms with E-state index in [9.17, 15) is 9.59 Å². The van der Waals surface area contributed by atoms with Gasteiger partial charge < -0.3 is 0 Å². The molecule has 1 aromatic heterocycles. The van der Waals surface area contributed by atoms with Crippen LogP contribution in [0.4, 0.5) is 0 Å². The number of carbonyl (C=O) groups excluding carboxylic acids is 1. The van der Waals surface area contributed by atoms with E-state index in [4.69, 9.17) is 0 Å². The summed E-state index contributed by atoms with van der Waals surface area (Å²) in [4.78, 5) is 29.3. The Labute approximate surface area is 140 Å². The van der Waals surface area contributed by atoms with Crippen molar-refractivity contribution in [1.29, 1.82) is 0 Å². The Bertz CT molecular complexity index is 954. The van der Waals surface area contributed by atoms with Gasteiger partial charge in [0, 0.05) is 5.56 Å². The summed E-state index contributed by atoms with van der Waals surface area (Å²) in [6.07, 6.45) is 1.44. The molecule has 0 amide bonds. The summed E-state index contributed by atoms with van der Waals surface area (Å²) in [5.41, 5.74) is 3.25. The summed E-state index contributed by atoms with van der Waals surface area (Å²) < 4.78 is 1.38. The molecular weight excluding hydrogens is 300 g/mol. The van der Waals surface area contributed by atoms with Crippen LogP contribution in [-0.4, -0.2) is 15.3 Å². The number of aryl methyl sites for hydroxylation is 1. The van der Waals surface area contributed by atoms with Crippen LogP contribution in [0.1, 0.15) is 41.3 Å². The zero-order valence-electron chi connectivity index (χ0n) is 14.1. The summed E-state index contributed by atoms with van der Waals surface area (Å²) >= 11 is 0. The molecule has 0 bridgehead atoms. The molecule has 0 aliphatic heterocycles. The number of aromatic nitrogens is 2. The minimum atomic E-state index is -0.184. The van der Waals surface area contributed by atoms with Gasteiger partial charge in [0.1, 0.15) is 0 Å². The van der Waals surface area contributed by atoms with Gasteiger partial charge in [0.2, 0.25) is 0 Å². The number of Topliss-reactive ketones (excluding diaryl/α,β-unsaturated/α-hetero) is 1. The maximum Gasteiger partial charge on any atom is 0.261 e. The number of benzene rings is 2. The van der Waals surface area contributed by atoms with Gasteiger partial charge in [0.05, 0.1) is 23.8 Å². The van der Waals surface area contributed by atoms with Gasteiger partial charge >= 0.3 is 0 Å². The smallest absolute Gasteiger partial charge is 0.261 e. The van der Waals surface area contributed by atoms with Crippen molar-refractivity contribution < 1.29 is 4.79 Å². The Kier molecular flexibility index (Phi) is 4.30. The minimum Gasteiger partial charge on any atom is -0.292 e. The molecule has 1 heterocycles. The van der Waals surface area contributed by atoms with Crippen molar-refractivity contribution in [1.82, 2.24) is 9.55 Å². The number of hydrogen-bond acceptors (Lipinski definition) is 3. The Morgan fingerprint density at radius 3 is 2.50 bits per heavy atom. The van der Waals surface area contributed by atoms with Crippen LogP contribution in [0.25, 0.3) is 10.9 Å². The highest BCUT2D eigenvalue weighted by atomic mass is 16.1. The number of ketones is 1. The number of rotatable bonds is 4. The van der Waals surface area contributed by atoms with Gasteiger partial charge in [0.15, 0.2) is 5.78 Å². The molecule has 0 saturated carbocycles. The second-order valence-electron chi connectivity index (χ2n) is 6.40. The summed E-state index contributed by atoms with van der Waals surface area (Å²) in [6, 6.07) is 13.1. The average molecular weight is 320 g/mol. The van der Waals surface area contributed by atoms with E-state index in [1.54, 1.807) is 0 Å². The van der Waals surface area contributed by atoms with Crippen molar-refractivity contribution in [3.05, 3.63) is 75.8 Å². The van der Waals surface area contributed by atoms with Crippen LogP contribution in [0, 0.1) is 6.92 Å². The number of carbonyl (C=O) groups is 1. The Morgan fingerprint density at radius 1 is 1.12 bits per heavy atom. The normalized spacial score (nSPS) is 11.2. The highest BCUT2D eigenvalue weighted by molar-refractivity contribution is 5.96. The molecule has 24 heavy (non-hydrogen) atoms. The van der Waals surface area contributed by atoms with Gasteiger partial charge in [-0.05, 0) is 30.5 Å². The highest BCUT2D eigenvalue weighted by Gasteiger charge is 2.11. The van der Waals surface area contributed by atoms with Crippen LogP contribution in [0.3, 0.4) is 0 Å². The molecule has 0 fully saturated rings. The fraction of sp³-hybridized carbons (Fsp3) is 0.250. The zero-order chi connectivity index (χ0) is 17.3. The third-order valence-electron chi connectivity index (χ3n) is 4.19. The molecule has 3 rings (SSSR count). The molecule has 4 nitrogen and oxygen atoms in total. The van der Waals surface area contributed by atoms with Crippen molar-refractivity contribution >= 4 is 16.7 Å². The minimum absolute atomic E-state index is 0.00323.